The Morgan fingerprint density at radius 3 is 2.42 bits per heavy atom. The molecule has 3 aromatic carbocycles. The second-order valence-electron chi connectivity index (χ2n) is 5.51. The van der Waals surface area contributed by atoms with Crippen molar-refractivity contribution in [3.05, 3.63) is 83.9 Å². The Kier molecular flexibility index (Phi) is 4.68. The lowest BCUT2D eigenvalue weighted by atomic mass is 10.0. The van der Waals surface area contributed by atoms with E-state index in [0.29, 0.717) is 11.3 Å². The van der Waals surface area contributed by atoms with Gasteiger partial charge in [-0.3, -0.25) is 4.79 Å². The molecule has 0 bridgehead atoms. The van der Waals surface area contributed by atoms with Crippen LogP contribution in [0.1, 0.15) is 24.2 Å². The van der Waals surface area contributed by atoms with Gasteiger partial charge in [0.25, 0.3) is 5.91 Å². The van der Waals surface area contributed by atoms with Gasteiger partial charge in [-0.1, -0.05) is 72.8 Å². The van der Waals surface area contributed by atoms with Crippen LogP contribution in [0.3, 0.4) is 0 Å². The van der Waals surface area contributed by atoms with E-state index in [-0.39, 0.29) is 0 Å². The average Bonchev–Trinajstić information content (AvgIpc) is 2.65. The van der Waals surface area contributed by atoms with Crippen molar-refractivity contribution in [2.45, 2.75) is 13.0 Å². The molecule has 0 aliphatic rings. The number of benzene rings is 3. The number of amides is 1. The van der Waals surface area contributed by atoms with Gasteiger partial charge in [0.2, 0.25) is 0 Å². The van der Waals surface area contributed by atoms with Crippen LogP contribution >= 0.6 is 0 Å². The lowest BCUT2D eigenvalue weighted by molar-refractivity contribution is -0.129. The predicted octanol–water partition coefficient (Wildman–Crippen LogP) is 3.41. The molecule has 0 aliphatic carbocycles. The van der Waals surface area contributed by atoms with E-state index in [2.05, 4.69) is 10.5 Å². The van der Waals surface area contributed by atoms with Crippen molar-refractivity contribution in [1.29, 1.82) is 0 Å². The van der Waals surface area contributed by atoms with Gasteiger partial charge in [0.1, 0.15) is 0 Å². The van der Waals surface area contributed by atoms with Crippen molar-refractivity contribution in [1.82, 2.24) is 5.43 Å². The molecule has 0 radical (unpaired) electrons. The third-order valence-corrected chi connectivity index (χ3v) is 3.88. The highest BCUT2D eigenvalue weighted by Crippen LogP contribution is 2.19. The molecular weight excluding hydrogens is 300 g/mol. The second-order valence-corrected chi connectivity index (χ2v) is 5.51. The molecule has 3 rings (SSSR count). The summed E-state index contributed by atoms with van der Waals surface area (Å²) in [5, 5.41) is 16.4. The topological polar surface area (TPSA) is 61.7 Å². The largest absolute Gasteiger partial charge is 0.378 e. The van der Waals surface area contributed by atoms with Gasteiger partial charge >= 0.3 is 0 Å². The minimum absolute atomic E-state index is 0.535. The number of hydrogen-bond acceptors (Lipinski definition) is 3. The van der Waals surface area contributed by atoms with E-state index in [4.69, 9.17) is 0 Å². The van der Waals surface area contributed by atoms with Crippen LogP contribution in [0.15, 0.2) is 77.9 Å². The molecule has 0 unspecified atom stereocenters. The third-order valence-electron chi connectivity index (χ3n) is 3.88. The summed E-state index contributed by atoms with van der Waals surface area (Å²) in [4.78, 5) is 12.1. The van der Waals surface area contributed by atoms with Gasteiger partial charge in [-0.25, -0.2) is 5.43 Å². The molecule has 2 N–H and O–H groups in total. The molecule has 0 aliphatic heterocycles. The van der Waals surface area contributed by atoms with Crippen LogP contribution in [0.4, 0.5) is 0 Å². The van der Waals surface area contributed by atoms with Crippen LogP contribution in [-0.4, -0.2) is 16.7 Å². The summed E-state index contributed by atoms with van der Waals surface area (Å²) in [5.74, 6) is -0.555. The first-order valence-corrected chi connectivity index (χ1v) is 7.72. The highest BCUT2D eigenvalue weighted by Gasteiger charge is 2.16. The van der Waals surface area contributed by atoms with E-state index in [1.54, 1.807) is 24.3 Å². The zero-order valence-corrected chi connectivity index (χ0v) is 13.3. The Morgan fingerprint density at radius 2 is 1.62 bits per heavy atom. The SMILES string of the molecule is C/C(=N/NC(=O)[C@@H](O)c1ccccc1)c1cccc2ccccc12. The molecule has 0 saturated carbocycles. The number of fused-ring (bicyclic) bond motifs is 1. The summed E-state index contributed by atoms with van der Waals surface area (Å²) in [6, 6.07) is 22.7. The molecule has 0 fully saturated rings. The standard InChI is InChI=1S/C20H18N2O2/c1-14(17-13-7-11-15-8-5-6-12-18(15)17)21-22-20(24)19(23)16-9-3-2-4-10-16/h2-13,19,23H,1H3,(H,22,24)/b21-14-/t19-/m0/s1. The number of carbonyl (C=O) groups excluding carboxylic acids is 1. The van der Waals surface area contributed by atoms with Gasteiger partial charge in [-0.2, -0.15) is 5.10 Å². The van der Waals surface area contributed by atoms with Crippen molar-refractivity contribution in [3.8, 4) is 0 Å². The highest BCUT2D eigenvalue weighted by molar-refractivity contribution is 6.10. The van der Waals surface area contributed by atoms with Crippen LogP contribution in [0.2, 0.25) is 0 Å². The van der Waals surface area contributed by atoms with E-state index >= 15 is 0 Å². The van der Waals surface area contributed by atoms with Crippen molar-refractivity contribution < 1.29 is 9.90 Å². The first kappa shape index (κ1) is 15.9. The molecule has 0 heterocycles. The number of rotatable bonds is 4. The lowest BCUT2D eigenvalue weighted by Crippen LogP contribution is -2.26. The Bertz CT molecular complexity index is 883. The van der Waals surface area contributed by atoms with Crippen LogP contribution in [0.25, 0.3) is 10.8 Å². The fourth-order valence-electron chi connectivity index (χ4n) is 2.59. The van der Waals surface area contributed by atoms with E-state index < -0.39 is 12.0 Å². The number of nitrogens with zero attached hydrogens (tertiary/aromatic N) is 1. The van der Waals surface area contributed by atoms with Crippen LogP contribution in [0.5, 0.6) is 0 Å². The van der Waals surface area contributed by atoms with E-state index in [0.717, 1.165) is 16.3 Å². The second kappa shape index (κ2) is 7.06. The average molecular weight is 318 g/mol. The molecule has 3 aromatic rings. The number of hydrazone groups is 1. The van der Waals surface area contributed by atoms with Gasteiger partial charge in [0.05, 0.1) is 5.71 Å². The van der Waals surface area contributed by atoms with Gasteiger partial charge in [-0.05, 0) is 23.3 Å². The summed E-state index contributed by atoms with van der Waals surface area (Å²) in [6.45, 7) is 1.83. The van der Waals surface area contributed by atoms with Crippen LogP contribution in [-0.2, 0) is 4.79 Å². The van der Waals surface area contributed by atoms with Crippen molar-refractivity contribution in [2.24, 2.45) is 5.10 Å². The Labute approximate surface area is 140 Å². The van der Waals surface area contributed by atoms with Crippen LogP contribution in [0, 0.1) is 0 Å². The zero-order chi connectivity index (χ0) is 16.9. The maximum Gasteiger partial charge on any atom is 0.273 e. The number of aliphatic hydroxyl groups excluding tert-OH is 1. The Morgan fingerprint density at radius 1 is 0.958 bits per heavy atom. The van der Waals surface area contributed by atoms with Crippen molar-refractivity contribution in [2.75, 3.05) is 0 Å². The Balaban J connectivity index is 1.80. The first-order valence-electron chi connectivity index (χ1n) is 7.72. The third kappa shape index (κ3) is 3.34. The molecule has 1 atom stereocenters. The molecule has 120 valence electrons. The fourth-order valence-corrected chi connectivity index (χ4v) is 2.59. The molecule has 0 aromatic heterocycles. The maximum atomic E-state index is 12.1. The number of aliphatic hydroxyl groups is 1. The van der Waals surface area contributed by atoms with Gasteiger partial charge in [0, 0.05) is 5.56 Å². The lowest BCUT2D eigenvalue weighted by Gasteiger charge is -2.10. The number of nitrogens with one attached hydrogen (secondary N) is 1. The summed E-state index contributed by atoms with van der Waals surface area (Å²) in [7, 11) is 0. The zero-order valence-electron chi connectivity index (χ0n) is 13.3. The molecule has 0 spiro atoms. The molecule has 1 amide bonds. The fraction of sp³-hybridized carbons (Fsp3) is 0.100. The summed E-state index contributed by atoms with van der Waals surface area (Å²) in [5.41, 5.74) is 4.61. The quantitative estimate of drug-likeness (QED) is 0.572. The predicted molar refractivity (Wildman–Crippen MR) is 95.7 cm³/mol. The minimum Gasteiger partial charge on any atom is -0.378 e. The van der Waals surface area contributed by atoms with E-state index in [1.165, 1.54) is 0 Å². The van der Waals surface area contributed by atoms with E-state index in [1.807, 2.05) is 55.5 Å². The van der Waals surface area contributed by atoms with Gasteiger partial charge in [0.15, 0.2) is 6.10 Å². The number of hydrogen-bond donors (Lipinski definition) is 2. The normalized spacial score (nSPS) is 12.8. The molecule has 24 heavy (non-hydrogen) atoms. The van der Waals surface area contributed by atoms with Crippen LogP contribution < -0.4 is 5.43 Å². The summed E-state index contributed by atoms with van der Waals surface area (Å²) >= 11 is 0. The monoisotopic (exact) mass is 318 g/mol. The molecular formula is C20H18N2O2. The van der Waals surface area contributed by atoms with Gasteiger partial charge < -0.3 is 5.11 Å². The first-order chi connectivity index (χ1) is 11.7. The van der Waals surface area contributed by atoms with E-state index in [9.17, 15) is 9.90 Å². The molecule has 4 nitrogen and oxygen atoms in total. The summed E-state index contributed by atoms with van der Waals surface area (Å²) < 4.78 is 0. The van der Waals surface area contributed by atoms with Gasteiger partial charge in [-0.15, -0.1) is 0 Å². The number of carbonyl (C=O) groups is 1. The minimum atomic E-state index is -1.24. The smallest absolute Gasteiger partial charge is 0.273 e. The Hall–Kier alpha value is -2.98. The highest BCUT2D eigenvalue weighted by atomic mass is 16.3. The summed E-state index contributed by atoms with van der Waals surface area (Å²) in [6.07, 6.45) is -1.24. The van der Waals surface area contributed by atoms with Crippen molar-refractivity contribution >= 4 is 22.4 Å². The maximum absolute atomic E-state index is 12.1. The molecule has 0 saturated heterocycles. The molecule has 4 heteroatoms. The van der Waals surface area contributed by atoms with Crippen molar-refractivity contribution in [3.63, 3.8) is 0 Å².